The molecule has 1 saturated carbocycles. The summed E-state index contributed by atoms with van der Waals surface area (Å²) in [6.07, 6.45) is 7.64. The van der Waals surface area contributed by atoms with Gasteiger partial charge in [0.05, 0.1) is 0 Å². The van der Waals surface area contributed by atoms with E-state index in [0.717, 1.165) is 12.3 Å². The Balaban J connectivity index is 2.25. The zero-order valence-corrected chi connectivity index (χ0v) is 13.2. The predicted octanol–water partition coefficient (Wildman–Crippen LogP) is 2.27. The van der Waals surface area contributed by atoms with Gasteiger partial charge < -0.3 is 10.6 Å². The summed E-state index contributed by atoms with van der Waals surface area (Å²) in [5.74, 6) is 1.89. The average molecular weight is 288 g/mol. The first kappa shape index (κ1) is 16.5. The van der Waals surface area contributed by atoms with Gasteiger partial charge in [-0.25, -0.2) is 4.79 Å². The van der Waals surface area contributed by atoms with Crippen molar-refractivity contribution in [1.29, 1.82) is 0 Å². The van der Waals surface area contributed by atoms with Gasteiger partial charge in [0.2, 0.25) is 0 Å². The maximum atomic E-state index is 11.7. The lowest BCUT2D eigenvalue weighted by molar-refractivity contribution is 0.232. The van der Waals surface area contributed by atoms with Crippen molar-refractivity contribution in [2.45, 2.75) is 52.0 Å². The summed E-state index contributed by atoms with van der Waals surface area (Å²) in [4.78, 5) is 11.7. The third kappa shape index (κ3) is 6.95. The fraction of sp³-hybridized carbons (Fsp3) is 0.929. The van der Waals surface area contributed by atoms with Crippen LogP contribution in [0.5, 0.6) is 0 Å². The molecule has 0 aromatic heterocycles. The van der Waals surface area contributed by atoms with E-state index in [1.165, 1.54) is 25.7 Å². The van der Waals surface area contributed by atoms with Crippen molar-refractivity contribution in [2.75, 3.05) is 18.6 Å². The maximum absolute atomic E-state index is 11.7. The van der Waals surface area contributed by atoms with E-state index < -0.39 is 10.8 Å². The molecule has 0 bridgehead atoms. The minimum atomic E-state index is -0.844. The van der Waals surface area contributed by atoms with Crippen molar-refractivity contribution in [3.63, 3.8) is 0 Å². The lowest BCUT2D eigenvalue weighted by atomic mass is 9.94. The predicted molar refractivity (Wildman–Crippen MR) is 80.7 cm³/mol. The van der Waals surface area contributed by atoms with E-state index in [1.807, 2.05) is 0 Å². The molecule has 0 aromatic rings. The molecule has 1 aliphatic carbocycles. The summed E-state index contributed by atoms with van der Waals surface area (Å²) in [5, 5.41) is 5.86. The van der Waals surface area contributed by atoms with Crippen LogP contribution in [0.4, 0.5) is 4.79 Å². The third-order valence-corrected chi connectivity index (χ3v) is 4.54. The number of carbonyl (C=O) groups excluding carboxylic acids is 1. The molecule has 0 spiro atoms. The molecule has 4 nitrogen and oxygen atoms in total. The van der Waals surface area contributed by atoms with Crippen LogP contribution >= 0.6 is 0 Å². The second-order valence-electron chi connectivity index (χ2n) is 5.95. The number of carbonyl (C=O) groups is 1. The molecule has 0 unspecified atom stereocenters. The molecule has 0 saturated heterocycles. The maximum Gasteiger partial charge on any atom is 0.315 e. The Bertz CT molecular complexity index is 308. The van der Waals surface area contributed by atoms with E-state index >= 15 is 0 Å². The summed E-state index contributed by atoms with van der Waals surface area (Å²) in [7, 11) is -0.844. The van der Waals surface area contributed by atoms with Gasteiger partial charge in [0, 0.05) is 35.4 Å². The zero-order chi connectivity index (χ0) is 14.3. The molecular formula is C14H28N2O2S. The van der Waals surface area contributed by atoms with Crippen molar-refractivity contribution < 1.29 is 9.00 Å². The highest BCUT2D eigenvalue weighted by Crippen LogP contribution is 2.30. The van der Waals surface area contributed by atoms with E-state index in [-0.39, 0.29) is 6.03 Å². The molecule has 3 atom stereocenters. The van der Waals surface area contributed by atoms with Gasteiger partial charge in [0.15, 0.2) is 0 Å². The summed E-state index contributed by atoms with van der Waals surface area (Å²) >= 11 is 0. The lowest BCUT2D eigenvalue weighted by Crippen LogP contribution is -2.44. The Labute approximate surface area is 119 Å². The quantitative estimate of drug-likeness (QED) is 0.755. The second-order valence-corrected chi connectivity index (χ2v) is 7.50. The van der Waals surface area contributed by atoms with Crippen LogP contribution in [0.3, 0.4) is 0 Å². The first-order valence-electron chi connectivity index (χ1n) is 7.33. The molecule has 0 aliphatic heterocycles. The van der Waals surface area contributed by atoms with Gasteiger partial charge in [0.25, 0.3) is 0 Å². The van der Waals surface area contributed by atoms with Gasteiger partial charge in [-0.1, -0.05) is 26.7 Å². The molecular weight excluding hydrogens is 260 g/mol. The minimum absolute atomic E-state index is 0.105. The molecule has 0 heterocycles. The lowest BCUT2D eigenvalue weighted by Gasteiger charge is -2.22. The standard InChI is InChI=1S/C14H28N2O2S/c1-11(2)7-8-12-5-4-6-13(12)16-14(17)15-9-10-19(3)18/h11-13H,4-10H2,1-3H3,(H2,15,16,17)/t12-,13-,19-/m0/s1. The smallest absolute Gasteiger partial charge is 0.315 e. The van der Waals surface area contributed by atoms with E-state index in [1.54, 1.807) is 6.26 Å². The van der Waals surface area contributed by atoms with E-state index in [4.69, 9.17) is 0 Å². The molecule has 112 valence electrons. The van der Waals surface area contributed by atoms with Crippen LogP contribution in [-0.4, -0.2) is 34.8 Å². The van der Waals surface area contributed by atoms with Gasteiger partial charge >= 0.3 is 6.03 Å². The molecule has 1 aliphatic rings. The Morgan fingerprint density at radius 2 is 2.11 bits per heavy atom. The Kier molecular flexibility index (Phi) is 7.42. The summed E-state index contributed by atoms with van der Waals surface area (Å²) < 4.78 is 10.9. The highest BCUT2D eigenvalue weighted by atomic mass is 32.2. The van der Waals surface area contributed by atoms with Crippen LogP contribution in [0.1, 0.15) is 46.0 Å². The van der Waals surface area contributed by atoms with E-state index in [2.05, 4.69) is 24.5 Å². The van der Waals surface area contributed by atoms with E-state index in [9.17, 15) is 9.00 Å². The van der Waals surface area contributed by atoms with Crippen molar-refractivity contribution in [2.24, 2.45) is 11.8 Å². The normalized spacial score (nSPS) is 24.4. The number of amides is 2. The van der Waals surface area contributed by atoms with Crippen LogP contribution in [0, 0.1) is 11.8 Å². The number of hydrogen-bond acceptors (Lipinski definition) is 2. The van der Waals surface area contributed by atoms with Crippen molar-refractivity contribution in [3.05, 3.63) is 0 Å². The number of nitrogens with one attached hydrogen (secondary N) is 2. The van der Waals surface area contributed by atoms with Crippen LogP contribution in [0.25, 0.3) is 0 Å². The Morgan fingerprint density at radius 1 is 1.37 bits per heavy atom. The van der Waals surface area contributed by atoms with Crippen molar-refractivity contribution >= 4 is 16.8 Å². The van der Waals surface area contributed by atoms with Gasteiger partial charge in [-0.05, 0) is 31.1 Å². The highest BCUT2D eigenvalue weighted by Gasteiger charge is 2.28. The topological polar surface area (TPSA) is 58.2 Å². The van der Waals surface area contributed by atoms with Crippen LogP contribution in [-0.2, 0) is 10.8 Å². The van der Waals surface area contributed by atoms with Gasteiger partial charge in [-0.3, -0.25) is 4.21 Å². The van der Waals surface area contributed by atoms with Crippen LogP contribution in [0.15, 0.2) is 0 Å². The molecule has 2 amide bonds. The van der Waals surface area contributed by atoms with Gasteiger partial charge in [-0.15, -0.1) is 0 Å². The first-order valence-corrected chi connectivity index (χ1v) is 9.06. The second kappa shape index (κ2) is 8.56. The molecule has 0 radical (unpaired) electrons. The Hall–Kier alpha value is -0.580. The molecule has 0 aromatic carbocycles. The highest BCUT2D eigenvalue weighted by molar-refractivity contribution is 7.84. The van der Waals surface area contributed by atoms with Crippen molar-refractivity contribution in [3.8, 4) is 0 Å². The minimum Gasteiger partial charge on any atom is -0.337 e. The molecule has 2 N–H and O–H groups in total. The molecule has 1 rings (SSSR count). The monoisotopic (exact) mass is 288 g/mol. The molecule has 1 fully saturated rings. The molecule has 19 heavy (non-hydrogen) atoms. The summed E-state index contributed by atoms with van der Waals surface area (Å²) in [5.41, 5.74) is 0. The zero-order valence-electron chi connectivity index (χ0n) is 12.4. The SMILES string of the molecule is CC(C)CC[C@@H]1CCC[C@@H]1NC(=O)NCC[S@](C)=O. The first-order chi connectivity index (χ1) is 8.99. The van der Waals surface area contributed by atoms with Crippen LogP contribution in [0.2, 0.25) is 0 Å². The van der Waals surface area contributed by atoms with E-state index in [0.29, 0.717) is 24.3 Å². The fourth-order valence-electron chi connectivity index (χ4n) is 2.65. The van der Waals surface area contributed by atoms with Gasteiger partial charge in [-0.2, -0.15) is 0 Å². The van der Waals surface area contributed by atoms with Crippen LogP contribution < -0.4 is 10.6 Å². The fourth-order valence-corrected chi connectivity index (χ4v) is 3.04. The van der Waals surface area contributed by atoms with Gasteiger partial charge in [0.1, 0.15) is 0 Å². The number of hydrogen-bond donors (Lipinski definition) is 2. The summed E-state index contributed by atoms with van der Waals surface area (Å²) in [6.45, 7) is 4.97. The number of urea groups is 1. The largest absolute Gasteiger partial charge is 0.337 e. The molecule has 5 heteroatoms. The van der Waals surface area contributed by atoms with Crippen molar-refractivity contribution in [1.82, 2.24) is 10.6 Å². The third-order valence-electron chi connectivity index (χ3n) is 3.77. The average Bonchev–Trinajstić information content (AvgIpc) is 2.73. The summed E-state index contributed by atoms with van der Waals surface area (Å²) in [6, 6.07) is 0.220. The Morgan fingerprint density at radius 3 is 2.74 bits per heavy atom. The number of rotatable bonds is 7.